The monoisotopic (exact) mass is 387 g/mol. The maximum atomic E-state index is 12.8. The van der Waals surface area contributed by atoms with Gasteiger partial charge in [0, 0.05) is 24.8 Å². The third kappa shape index (κ3) is 4.98. The smallest absolute Gasteiger partial charge is 0.254 e. The van der Waals surface area contributed by atoms with Crippen molar-refractivity contribution in [1.82, 2.24) is 9.88 Å². The van der Waals surface area contributed by atoms with Gasteiger partial charge in [-0.05, 0) is 50.1 Å². The molecule has 1 aromatic carbocycles. The fourth-order valence-electron chi connectivity index (χ4n) is 3.12. The van der Waals surface area contributed by atoms with Crippen LogP contribution < -0.4 is 10.1 Å². The molecule has 142 valence electrons. The molecular formula is C20H22ClN3O3. The van der Waals surface area contributed by atoms with Crippen molar-refractivity contribution in [3.63, 3.8) is 0 Å². The number of nitrogens with zero attached hydrogens (tertiary/aromatic N) is 2. The molecule has 1 aromatic heterocycles. The van der Waals surface area contributed by atoms with Gasteiger partial charge in [0.1, 0.15) is 11.6 Å². The number of pyridine rings is 1. The van der Waals surface area contributed by atoms with E-state index in [1.54, 1.807) is 35.2 Å². The van der Waals surface area contributed by atoms with Crippen molar-refractivity contribution in [1.29, 1.82) is 0 Å². The molecule has 2 amide bonds. The minimum absolute atomic E-state index is 0.0846. The van der Waals surface area contributed by atoms with E-state index in [1.807, 2.05) is 13.0 Å². The molecule has 1 N–H and O–H groups in total. The maximum absolute atomic E-state index is 12.8. The number of benzene rings is 1. The highest BCUT2D eigenvalue weighted by atomic mass is 35.5. The third-order valence-electron chi connectivity index (χ3n) is 4.45. The van der Waals surface area contributed by atoms with Crippen LogP contribution in [0.3, 0.4) is 0 Å². The highest BCUT2D eigenvalue weighted by Gasteiger charge is 2.29. The van der Waals surface area contributed by atoms with E-state index in [-0.39, 0.29) is 17.7 Å². The summed E-state index contributed by atoms with van der Waals surface area (Å²) in [7, 11) is 0. The van der Waals surface area contributed by atoms with Crippen molar-refractivity contribution in [2.24, 2.45) is 5.92 Å². The number of amides is 2. The largest absolute Gasteiger partial charge is 0.494 e. The Kier molecular flexibility index (Phi) is 6.29. The van der Waals surface area contributed by atoms with Crippen LogP contribution in [0.15, 0.2) is 42.6 Å². The molecule has 1 unspecified atom stereocenters. The van der Waals surface area contributed by atoms with Gasteiger partial charge in [-0.1, -0.05) is 17.7 Å². The van der Waals surface area contributed by atoms with Crippen molar-refractivity contribution in [2.45, 2.75) is 19.8 Å². The van der Waals surface area contributed by atoms with E-state index in [0.29, 0.717) is 41.8 Å². The highest BCUT2D eigenvalue weighted by molar-refractivity contribution is 6.30. The van der Waals surface area contributed by atoms with Crippen molar-refractivity contribution < 1.29 is 14.3 Å². The molecule has 0 aliphatic carbocycles. The van der Waals surface area contributed by atoms with Gasteiger partial charge in [0.25, 0.3) is 5.91 Å². The number of carbonyl (C=O) groups is 2. The summed E-state index contributed by atoms with van der Waals surface area (Å²) in [6.45, 7) is 3.47. The van der Waals surface area contributed by atoms with Crippen molar-refractivity contribution in [3.05, 3.63) is 53.2 Å². The number of nitrogens with one attached hydrogen (secondary N) is 1. The van der Waals surface area contributed by atoms with Gasteiger partial charge in [-0.2, -0.15) is 0 Å². The van der Waals surface area contributed by atoms with E-state index in [1.165, 1.54) is 6.20 Å². The predicted molar refractivity (Wildman–Crippen MR) is 104 cm³/mol. The van der Waals surface area contributed by atoms with Crippen LogP contribution in [-0.4, -0.2) is 41.4 Å². The molecule has 6 nitrogen and oxygen atoms in total. The molecule has 2 heterocycles. The zero-order valence-corrected chi connectivity index (χ0v) is 15.9. The lowest BCUT2D eigenvalue weighted by atomic mass is 9.96. The minimum Gasteiger partial charge on any atom is -0.494 e. The van der Waals surface area contributed by atoms with Crippen LogP contribution in [0.2, 0.25) is 5.02 Å². The number of hydrogen-bond acceptors (Lipinski definition) is 4. The van der Waals surface area contributed by atoms with Gasteiger partial charge in [0.2, 0.25) is 5.91 Å². The summed E-state index contributed by atoms with van der Waals surface area (Å²) in [6.07, 6.45) is 3.00. The molecule has 0 saturated carbocycles. The molecule has 0 bridgehead atoms. The molecule has 1 aliphatic rings. The number of likely N-dealkylation sites (tertiary alicyclic amines) is 1. The van der Waals surface area contributed by atoms with Crippen LogP contribution in [0.1, 0.15) is 30.1 Å². The minimum atomic E-state index is -0.268. The Labute approximate surface area is 163 Å². The van der Waals surface area contributed by atoms with Crippen molar-refractivity contribution >= 4 is 29.2 Å². The Morgan fingerprint density at radius 1 is 1.33 bits per heavy atom. The SMILES string of the molecule is CCOc1cccc(C(=O)N2CCCC(C(=O)Nc3ccc(Cl)cn3)C2)c1. The average Bonchev–Trinajstić information content (AvgIpc) is 2.70. The number of hydrogen-bond donors (Lipinski definition) is 1. The number of ether oxygens (including phenoxy) is 1. The lowest BCUT2D eigenvalue weighted by Crippen LogP contribution is -2.43. The van der Waals surface area contributed by atoms with E-state index in [0.717, 1.165) is 12.8 Å². The molecule has 27 heavy (non-hydrogen) atoms. The highest BCUT2D eigenvalue weighted by Crippen LogP contribution is 2.22. The molecule has 1 fully saturated rings. The van der Waals surface area contributed by atoms with E-state index in [9.17, 15) is 9.59 Å². The number of piperidine rings is 1. The van der Waals surface area contributed by atoms with Gasteiger partial charge in [-0.3, -0.25) is 9.59 Å². The number of rotatable bonds is 5. The molecule has 3 rings (SSSR count). The number of halogens is 1. The Hall–Kier alpha value is -2.60. The lowest BCUT2D eigenvalue weighted by Gasteiger charge is -2.32. The second kappa shape index (κ2) is 8.86. The van der Waals surface area contributed by atoms with E-state index < -0.39 is 0 Å². The second-order valence-electron chi connectivity index (χ2n) is 6.40. The molecular weight excluding hydrogens is 366 g/mol. The molecule has 7 heteroatoms. The Morgan fingerprint density at radius 2 is 2.19 bits per heavy atom. The normalized spacial score (nSPS) is 16.7. The topological polar surface area (TPSA) is 71.5 Å². The zero-order chi connectivity index (χ0) is 19.2. The van der Waals surface area contributed by atoms with Crippen LogP contribution in [0.4, 0.5) is 5.82 Å². The van der Waals surface area contributed by atoms with Gasteiger partial charge in [-0.25, -0.2) is 4.98 Å². The van der Waals surface area contributed by atoms with E-state index in [2.05, 4.69) is 10.3 Å². The fraction of sp³-hybridized carbons (Fsp3) is 0.350. The van der Waals surface area contributed by atoms with Crippen LogP contribution in [0, 0.1) is 5.92 Å². The number of anilines is 1. The Balaban J connectivity index is 1.64. The van der Waals surface area contributed by atoms with E-state index in [4.69, 9.17) is 16.3 Å². The first-order valence-electron chi connectivity index (χ1n) is 9.01. The zero-order valence-electron chi connectivity index (χ0n) is 15.2. The number of carbonyl (C=O) groups excluding carboxylic acids is 2. The molecule has 0 radical (unpaired) electrons. The summed E-state index contributed by atoms with van der Waals surface area (Å²) < 4.78 is 5.47. The second-order valence-corrected chi connectivity index (χ2v) is 6.84. The van der Waals surface area contributed by atoms with Gasteiger partial charge in [0.05, 0.1) is 17.5 Å². The third-order valence-corrected chi connectivity index (χ3v) is 4.67. The molecule has 1 saturated heterocycles. The Morgan fingerprint density at radius 3 is 2.93 bits per heavy atom. The maximum Gasteiger partial charge on any atom is 0.254 e. The van der Waals surface area contributed by atoms with Crippen molar-refractivity contribution in [2.75, 3.05) is 25.0 Å². The predicted octanol–water partition coefficient (Wildman–Crippen LogP) is 3.62. The van der Waals surface area contributed by atoms with Crippen LogP contribution in [0.5, 0.6) is 5.75 Å². The number of aromatic nitrogens is 1. The molecule has 1 aliphatic heterocycles. The summed E-state index contributed by atoms with van der Waals surface area (Å²) in [5, 5.41) is 3.31. The lowest BCUT2D eigenvalue weighted by molar-refractivity contribution is -0.121. The molecule has 0 spiro atoms. The summed E-state index contributed by atoms with van der Waals surface area (Å²) in [6, 6.07) is 10.5. The van der Waals surface area contributed by atoms with Crippen LogP contribution >= 0.6 is 11.6 Å². The quantitative estimate of drug-likeness (QED) is 0.850. The summed E-state index contributed by atoms with van der Waals surface area (Å²) >= 11 is 5.81. The van der Waals surface area contributed by atoms with Gasteiger partial charge in [0.15, 0.2) is 0 Å². The molecule has 2 aromatic rings. The fourth-order valence-corrected chi connectivity index (χ4v) is 3.23. The van der Waals surface area contributed by atoms with Crippen molar-refractivity contribution in [3.8, 4) is 5.75 Å². The van der Waals surface area contributed by atoms with Gasteiger partial charge < -0.3 is 15.0 Å². The Bertz CT molecular complexity index is 810. The van der Waals surface area contributed by atoms with E-state index >= 15 is 0 Å². The van der Waals surface area contributed by atoms with Gasteiger partial charge >= 0.3 is 0 Å². The first-order chi connectivity index (χ1) is 13.1. The van der Waals surface area contributed by atoms with Gasteiger partial charge in [-0.15, -0.1) is 0 Å². The van der Waals surface area contributed by atoms with Crippen LogP contribution in [-0.2, 0) is 4.79 Å². The first kappa shape index (κ1) is 19.2. The summed E-state index contributed by atoms with van der Waals surface area (Å²) in [4.78, 5) is 31.2. The van der Waals surface area contributed by atoms with Crippen LogP contribution in [0.25, 0.3) is 0 Å². The summed E-state index contributed by atoms with van der Waals surface area (Å²) in [5.41, 5.74) is 0.571. The average molecular weight is 388 g/mol. The summed E-state index contributed by atoms with van der Waals surface area (Å²) in [5.74, 6) is 0.639. The standard InChI is InChI=1S/C20H22ClN3O3/c1-2-27-17-7-3-5-14(11-17)20(26)24-10-4-6-15(13-24)19(25)23-18-9-8-16(21)12-22-18/h3,5,7-9,11-12,15H,2,4,6,10,13H2,1H3,(H,22,23,25). The molecule has 1 atom stereocenters. The first-order valence-corrected chi connectivity index (χ1v) is 9.39.